The fraction of sp³-hybridized carbons (Fsp3) is 1.00. The number of rotatable bonds is 3. The Bertz CT molecular complexity index is 210. The first-order valence-corrected chi connectivity index (χ1v) is 10.4. The molecule has 0 aliphatic heterocycles. The predicted octanol–water partition coefficient (Wildman–Crippen LogP) is 4.61. The largest absolute Gasteiger partial charge is 0.414 e. The van der Waals surface area contributed by atoms with Gasteiger partial charge in [-0.3, -0.25) is 0 Å². The topological polar surface area (TPSA) is 9.23 Å². The van der Waals surface area contributed by atoms with Crippen LogP contribution in [0.2, 0.25) is 18.1 Å². The highest BCUT2D eigenvalue weighted by Gasteiger charge is 2.41. The van der Waals surface area contributed by atoms with Gasteiger partial charge in [0.2, 0.25) is 0 Å². The molecule has 0 amide bonds. The highest BCUT2D eigenvalue weighted by atomic mass is 127. The zero-order valence-electron chi connectivity index (χ0n) is 10.8. The summed E-state index contributed by atoms with van der Waals surface area (Å²) in [4.78, 5) is 0. The van der Waals surface area contributed by atoms with E-state index in [0.717, 1.165) is 5.92 Å². The molecule has 1 saturated carbocycles. The van der Waals surface area contributed by atoms with Crippen LogP contribution in [0.1, 0.15) is 40.0 Å². The molecule has 0 N–H and O–H groups in total. The molecule has 0 unspecified atom stereocenters. The third-order valence-electron chi connectivity index (χ3n) is 4.04. The monoisotopic (exact) mass is 340 g/mol. The Balaban J connectivity index is 2.60. The Kier molecular flexibility index (Phi) is 4.70. The molecule has 1 rings (SSSR count). The second-order valence-corrected chi connectivity index (χ2v) is 11.9. The van der Waals surface area contributed by atoms with Crippen LogP contribution in [0.25, 0.3) is 0 Å². The smallest absolute Gasteiger partial charge is 0.192 e. The first-order valence-electron chi connectivity index (χ1n) is 6.02. The van der Waals surface area contributed by atoms with Gasteiger partial charge in [-0.05, 0) is 36.9 Å². The van der Waals surface area contributed by atoms with Crippen molar-refractivity contribution in [1.82, 2.24) is 0 Å². The van der Waals surface area contributed by atoms with E-state index in [1.54, 1.807) is 0 Å². The molecule has 1 nitrogen and oxygen atoms in total. The van der Waals surface area contributed by atoms with E-state index < -0.39 is 8.32 Å². The molecule has 1 aliphatic carbocycles. The van der Waals surface area contributed by atoms with Crippen molar-refractivity contribution in [2.24, 2.45) is 5.92 Å². The molecule has 0 bridgehead atoms. The quantitative estimate of drug-likeness (QED) is 0.414. The lowest BCUT2D eigenvalue weighted by Crippen LogP contribution is -2.44. The Morgan fingerprint density at radius 3 is 2.33 bits per heavy atom. The van der Waals surface area contributed by atoms with Gasteiger partial charge in [-0.1, -0.05) is 49.8 Å². The van der Waals surface area contributed by atoms with Crippen LogP contribution in [-0.4, -0.2) is 18.8 Å². The summed E-state index contributed by atoms with van der Waals surface area (Å²) in [6.45, 7) is 11.7. The Morgan fingerprint density at radius 2 is 1.87 bits per heavy atom. The summed E-state index contributed by atoms with van der Waals surface area (Å²) in [7, 11) is -1.53. The molecule has 90 valence electrons. The maximum absolute atomic E-state index is 6.50. The van der Waals surface area contributed by atoms with E-state index in [0.29, 0.717) is 11.1 Å². The van der Waals surface area contributed by atoms with Crippen molar-refractivity contribution in [3.63, 3.8) is 0 Å². The highest BCUT2D eigenvalue weighted by molar-refractivity contribution is 14.1. The van der Waals surface area contributed by atoms with Crippen LogP contribution in [0, 0.1) is 5.92 Å². The van der Waals surface area contributed by atoms with Crippen molar-refractivity contribution < 1.29 is 4.43 Å². The average molecular weight is 340 g/mol. The molecule has 15 heavy (non-hydrogen) atoms. The van der Waals surface area contributed by atoms with Crippen LogP contribution in [0.15, 0.2) is 0 Å². The van der Waals surface area contributed by atoms with Gasteiger partial charge in [0, 0.05) is 10.5 Å². The van der Waals surface area contributed by atoms with Crippen molar-refractivity contribution in [3.05, 3.63) is 0 Å². The van der Waals surface area contributed by atoms with Gasteiger partial charge >= 0.3 is 0 Å². The number of alkyl halides is 1. The number of hydrogen-bond donors (Lipinski definition) is 0. The van der Waals surface area contributed by atoms with Gasteiger partial charge in [0.25, 0.3) is 0 Å². The molecule has 3 heteroatoms. The van der Waals surface area contributed by atoms with Crippen molar-refractivity contribution in [1.29, 1.82) is 0 Å². The van der Waals surface area contributed by atoms with Crippen LogP contribution in [-0.2, 0) is 4.43 Å². The van der Waals surface area contributed by atoms with Crippen molar-refractivity contribution in [3.8, 4) is 0 Å². The zero-order chi connectivity index (χ0) is 11.7. The summed E-state index contributed by atoms with van der Waals surface area (Å²) in [5.74, 6) is 0.819. The third kappa shape index (κ3) is 3.43. The minimum Gasteiger partial charge on any atom is -0.414 e. The van der Waals surface area contributed by atoms with Crippen molar-refractivity contribution >= 4 is 30.9 Å². The van der Waals surface area contributed by atoms with Crippen molar-refractivity contribution in [2.75, 3.05) is 4.43 Å². The molecule has 0 aromatic carbocycles. The molecule has 0 heterocycles. The van der Waals surface area contributed by atoms with E-state index in [9.17, 15) is 0 Å². The lowest BCUT2D eigenvalue weighted by Gasteiger charge is -2.39. The van der Waals surface area contributed by atoms with Gasteiger partial charge in [-0.15, -0.1) is 0 Å². The fourth-order valence-corrected chi connectivity index (χ4v) is 4.32. The van der Waals surface area contributed by atoms with E-state index in [1.165, 1.54) is 23.7 Å². The first-order chi connectivity index (χ1) is 6.78. The lowest BCUT2D eigenvalue weighted by molar-refractivity contribution is 0.152. The van der Waals surface area contributed by atoms with Gasteiger partial charge in [0.1, 0.15) is 0 Å². The first kappa shape index (κ1) is 14.0. The third-order valence-corrected chi connectivity index (χ3v) is 9.68. The van der Waals surface area contributed by atoms with Gasteiger partial charge in [-0.25, -0.2) is 0 Å². The summed E-state index contributed by atoms with van der Waals surface area (Å²) < 4.78 is 7.76. The summed E-state index contributed by atoms with van der Waals surface area (Å²) in [6.07, 6.45) is 4.60. The predicted molar refractivity (Wildman–Crippen MR) is 78.3 cm³/mol. The van der Waals surface area contributed by atoms with Crippen LogP contribution >= 0.6 is 22.6 Å². The fourth-order valence-electron chi connectivity index (χ4n) is 1.89. The second-order valence-electron chi connectivity index (χ2n) is 6.26. The Morgan fingerprint density at radius 1 is 1.27 bits per heavy atom. The molecule has 1 fully saturated rings. The molecule has 2 atom stereocenters. The summed E-state index contributed by atoms with van der Waals surface area (Å²) in [5, 5.41) is 0.353. The standard InChI is InChI=1S/C12H25IOSi/c1-12(2,3)15(4,5)14-11-8-6-7-10(11)9-13/h10-11H,6-9H2,1-5H3/t10-,11-/m0/s1. The summed E-state index contributed by atoms with van der Waals surface area (Å²) >= 11 is 2.51. The number of halogens is 1. The maximum atomic E-state index is 6.50. The van der Waals surface area contributed by atoms with E-state index >= 15 is 0 Å². The van der Waals surface area contributed by atoms with E-state index in [2.05, 4.69) is 56.5 Å². The van der Waals surface area contributed by atoms with Crippen LogP contribution in [0.5, 0.6) is 0 Å². The normalized spacial score (nSPS) is 28.4. The molecule has 0 spiro atoms. The van der Waals surface area contributed by atoms with E-state index in [1.807, 2.05) is 0 Å². The van der Waals surface area contributed by atoms with Gasteiger partial charge in [0.15, 0.2) is 8.32 Å². The lowest BCUT2D eigenvalue weighted by atomic mass is 10.1. The van der Waals surface area contributed by atoms with Gasteiger partial charge in [-0.2, -0.15) is 0 Å². The zero-order valence-corrected chi connectivity index (χ0v) is 13.9. The Hall–Kier alpha value is 0.907. The highest BCUT2D eigenvalue weighted by Crippen LogP contribution is 2.41. The van der Waals surface area contributed by atoms with Crippen LogP contribution < -0.4 is 0 Å². The molecular formula is C12H25IOSi. The van der Waals surface area contributed by atoms with Gasteiger partial charge in [0.05, 0.1) is 0 Å². The van der Waals surface area contributed by atoms with Crippen molar-refractivity contribution in [2.45, 2.75) is 64.3 Å². The summed E-state index contributed by atoms with van der Waals surface area (Å²) in [6, 6.07) is 0. The molecule has 0 radical (unpaired) electrons. The average Bonchev–Trinajstić information content (AvgIpc) is 2.48. The molecular weight excluding hydrogens is 315 g/mol. The molecule has 0 aromatic heterocycles. The Labute approximate surface area is 110 Å². The van der Waals surface area contributed by atoms with E-state index in [-0.39, 0.29) is 0 Å². The SMILES string of the molecule is CC(C)(C)[Si](C)(C)O[C@H]1CCC[C@H]1CI. The van der Waals surface area contributed by atoms with Crippen LogP contribution in [0.3, 0.4) is 0 Å². The minimum atomic E-state index is -1.53. The van der Waals surface area contributed by atoms with E-state index in [4.69, 9.17) is 4.43 Å². The van der Waals surface area contributed by atoms with Crippen LogP contribution in [0.4, 0.5) is 0 Å². The van der Waals surface area contributed by atoms with Gasteiger partial charge < -0.3 is 4.43 Å². The number of hydrogen-bond acceptors (Lipinski definition) is 1. The molecule has 1 aliphatic rings. The second kappa shape index (κ2) is 5.04. The molecule has 0 aromatic rings. The summed E-state index contributed by atoms with van der Waals surface area (Å²) in [5.41, 5.74) is 0. The molecule has 0 saturated heterocycles. The maximum Gasteiger partial charge on any atom is 0.192 e. The minimum absolute atomic E-state index is 0.353.